The van der Waals surface area contributed by atoms with Gasteiger partial charge in [-0.2, -0.15) is 0 Å². The SMILES string of the molecule is CC[C@@H](C)Oc1ccc(/C=C2\SC(=O)N(CC(=O)N3CCC(C)CC3)C2=O)cc1OC. The Morgan fingerprint density at radius 1 is 1.26 bits per heavy atom. The number of amides is 3. The van der Waals surface area contributed by atoms with E-state index in [0.717, 1.165) is 41.5 Å². The predicted molar refractivity (Wildman–Crippen MR) is 121 cm³/mol. The number of carbonyl (C=O) groups is 3. The Kier molecular flexibility index (Phi) is 7.64. The normalized spacial score (nSPS) is 19.8. The first-order valence-electron chi connectivity index (χ1n) is 10.7. The summed E-state index contributed by atoms with van der Waals surface area (Å²) >= 11 is 0.853. The number of methoxy groups -OCH3 is 1. The largest absolute Gasteiger partial charge is 0.493 e. The second-order valence-electron chi connectivity index (χ2n) is 8.08. The van der Waals surface area contributed by atoms with E-state index in [9.17, 15) is 14.4 Å². The minimum absolute atomic E-state index is 0.0527. The van der Waals surface area contributed by atoms with Crippen molar-refractivity contribution in [3.05, 3.63) is 28.7 Å². The van der Waals surface area contributed by atoms with Gasteiger partial charge in [0, 0.05) is 13.1 Å². The predicted octanol–water partition coefficient (Wildman–Crippen LogP) is 4.17. The van der Waals surface area contributed by atoms with Crippen molar-refractivity contribution in [2.24, 2.45) is 5.92 Å². The van der Waals surface area contributed by atoms with E-state index in [4.69, 9.17) is 9.47 Å². The number of imide groups is 1. The van der Waals surface area contributed by atoms with Gasteiger partial charge in [0.05, 0.1) is 18.1 Å². The van der Waals surface area contributed by atoms with Crippen molar-refractivity contribution in [3.8, 4) is 11.5 Å². The van der Waals surface area contributed by atoms with Crippen LogP contribution in [0.5, 0.6) is 11.5 Å². The maximum absolute atomic E-state index is 12.8. The molecule has 0 aromatic heterocycles. The summed E-state index contributed by atoms with van der Waals surface area (Å²) in [6.45, 7) is 7.34. The van der Waals surface area contributed by atoms with Gasteiger partial charge in [0.2, 0.25) is 5.91 Å². The van der Waals surface area contributed by atoms with Crippen molar-refractivity contribution in [3.63, 3.8) is 0 Å². The quantitative estimate of drug-likeness (QED) is 0.585. The van der Waals surface area contributed by atoms with Gasteiger partial charge >= 0.3 is 0 Å². The molecule has 3 amide bonds. The summed E-state index contributed by atoms with van der Waals surface area (Å²) in [4.78, 5) is 40.8. The van der Waals surface area contributed by atoms with Crippen molar-refractivity contribution in [2.45, 2.75) is 46.1 Å². The second-order valence-corrected chi connectivity index (χ2v) is 9.07. The summed E-state index contributed by atoms with van der Waals surface area (Å²) in [5.74, 6) is 1.17. The van der Waals surface area contributed by atoms with E-state index in [-0.39, 0.29) is 18.6 Å². The lowest BCUT2D eigenvalue weighted by Gasteiger charge is -2.31. The molecule has 2 heterocycles. The van der Waals surface area contributed by atoms with Gasteiger partial charge in [0.1, 0.15) is 6.54 Å². The third-order valence-corrected chi connectivity index (χ3v) is 6.60. The number of piperidine rings is 1. The molecule has 0 aliphatic carbocycles. The lowest BCUT2D eigenvalue weighted by molar-refractivity contribution is -0.136. The van der Waals surface area contributed by atoms with Gasteiger partial charge in [-0.1, -0.05) is 19.9 Å². The highest BCUT2D eigenvalue weighted by molar-refractivity contribution is 8.18. The van der Waals surface area contributed by atoms with Gasteiger partial charge < -0.3 is 14.4 Å². The van der Waals surface area contributed by atoms with Crippen molar-refractivity contribution < 1.29 is 23.9 Å². The first-order chi connectivity index (χ1) is 14.8. The van der Waals surface area contributed by atoms with Crippen LogP contribution in [-0.4, -0.2) is 59.7 Å². The molecule has 1 atom stereocenters. The van der Waals surface area contributed by atoms with Gasteiger partial charge in [0.15, 0.2) is 11.5 Å². The molecule has 2 aliphatic heterocycles. The summed E-state index contributed by atoms with van der Waals surface area (Å²) in [5.41, 5.74) is 0.718. The first-order valence-corrected chi connectivity index (χ1v) is 11.5. The first kappa shape index (κ1) is 23.2. The average molecular weight is 447 g/mol. The molecule has 8 heteroatoms. The van der Waals surface area contributed by atoms with Crippen molar-refractivity contribution in [1.29, 1.82) is 0 Å². The molecule has 0 saturated carbocycles. The third-order valence-electron chi connectivity index (χ3n) is 5.69. The zero-order valence-electron chi connectivity index (χ0n) is 18.6. The van der Waals surface area contributed by atoms with Crippen LogP contribution in [0, 0.1) is 5.92 Å². The average Bonchev–Trinajstić information content (AvgIpc) is 3.02. The number of hydrogen-bond acceptors (Lipinski definition) is 6. The summed E-state index contributed by atoms with van der Waals surface area (Å²) < 4.78 is 11.3. The Labute approximate surface area is 187 Å². The monoisotopic (exact) mass is 446 g/mol. The minimum Gasteiger partial charge on any atom is -0.493 e. The number of thioether (sulfide) groups is 1. The standard InChI is InChI=1S/C23H30N2O5S/c1-5-16(3)30-18-7-6-17(12-19(18)29-4)13-20-22(27)25(23(28)31-20)14-21(26)24-10-8-15(2)9-11-24/h6-7,12-13,15-16H,5,8-11,14H2,1-4H3/b20-13-/t16-/m1/s1. The van der Waals surface area contributed by atoms with Gasteiger partial charge in [-0.05, 0) is 67.6 Å². The van der Waals surface area contributed by atoms with Crippen molar-refractivity contribution in [2.75, 3.05) is 26.7 Å². The Bertz CT molecular complexity index is 877. The fourth-order valence-electron chi connectivity index (χ4n) is 3.45. The van der Waals surface area contributed by atoms with Crippen LogP contribution in [0.2, 0.25) is 0 Å². The maximum atomic E-state index is 12.8. The Morgan fingerprint density at radius 3 is 2.61 bits per heavy atom. The smallest absolute Gasteiger partial charge is 0.294 e. The van der Waals surface area contributed by atoms with Crippen LogP contribution in [0.1, 0.15) is 45.6 Å². The van der Waals surface area contributed by atoms with Crippen molar-refractivity contribution >= 4 is 34.9 Å². The molecule has 0 bridgehead atoms. The number of nitrogens with zero attached hydrogens (tertiary/aromatic N) is 2. The number of rotatable bonds is 7. The van der Waals surface area contributed by atoms with E-state index in [1.54, 1.807) is 30.2 Å². The zero-order chi connectivity index (χ0) is 22.5. The molecule has 0 spiro atoms. The minimum atomic E-state index is -0.437. The van der Waals surface area contributed by atoms with Gasteiger partial charge in [-0.3, -0.25) is 19.3 Å². The van der Waals surface area contributed by atoms with Crippen LogP contribution in [0.15, 0.2) is 23.1 Å². The fourth-order valence-corrected chi connectivity index (χ4v) is 4.29. The van der Waals surface area contributed by atoms with Crippen LogP contribution in [0.4, 0.5) is 4.79 Å². The number of carbonyl (C=O) groups excluding carboxylic acids is 3. The molecule has 1 aromatic rings. The zero-order valence-corrected chi connectivity index (χ0v) is 19.4. The van der Waals surface area contributed by atoms with Crippen molar-refractivity contribution in [1.82, 2.24) is 9.80 Å². The molecule has 7 nitrogen and oxygen atoms in total. The number of benzene rings is 1. The summed E-state index contributed by atoms with van der Waals surface area (Å²) in [7, 11) is 1.56. The maximum Gasteiger partial charge on any atom is 0.294 e. The van der Waals surface area contributed by atoms with Crippen LogP contribution < -0.4 is 9.47 Å². The lowest BCUT2D eigenvalue weighted by atomic mass is 9.99. The third kappa shape index (κ3) is 5.61. The van der Waals surface area contributed by atoms with Gasteiger partial charge in [-0.15, -0.1) is 0 Å². The second kappa shape index (κ2) is 10.2. The topological polar surface area (TPSA) is 76.2 Å². The molecule has 0 radical (unpaired) electrons. The Hall–Kier alpha value is -2.48. The Balaban J connectivity index is 1.70. The highest BCUT2D eigenvalue weighted by atomic mass is 32.2. The molecule has 2 saturated heterocycles. The molecule has 2 aliphatic rings. The van der Waals surface area contributed by atoms with Gasteiger partial charge in [0.25, 0.3) is 11.1 Å². The highest BCUT2D eigenvalue weighted by Gasteiger charge is 2.37. The summed E-state index contributed by atoms with van der Waals surface area (Å²) in [6.07, 6.45) is 4.47. The molecule has 3 rings (SSSR count). The molecule has 0 N–H and O–H groups in total. The van der Waals surface area contributed by atoms with E-state index < -0.39 is 11.1 Å². The van der Waals surface area contributed by atoms with Crippen LogP contribution in [0.3, 0.4) is 0 Å². The van der Waals surface area contributed by atoms with Gasteiger partial charge in [-0.25, -0.2) is 0 Å². The van der Waals surface area contributed by atoms with E-state index in [0.29, 0.717) is 35.4 Å². The van der Waals surface area contributed by atoms with E-state index in [1.165, 1.54) is 0 Å². The molecule has 1 aromatic carbocycles. The molecule has 2 fully saturated rings. The lowest BCUT2D eigenvalue weighted by Crippen LogP contribution is -2.45. The molecule has 0 unspecified atom stereocenters. The summed E-state index contributed by atoms with van der Waals surface area (Å²) in [6, 6.07) is 5.38. The molecule has 168 valence electrons. The van der Waals surface area contributed by atoms with E-state index in [1.807, 2.05) is 19.9 Å². The number of likely N-dealkylation sites (tertiary alicyclic amines) is 1. The van der Waals surface area contributed by atoms with E-state index in [2.05, 4.69) is 6.92 Å². The van der Waals surface area contributed by atoms with Crippen LogP contribution in [-0.2, 0) is 9.59 Å². The fraction of sp³-hybridized carbons (Fsp3) is 0.522. The van der Waals surface area contributed by atoms with Crippen LogP contribution >= 0.6 is 11.8 Å². The Morgan fingerprint density at radius 2 is 1.97 bits per heavy atom. The van der Waals surface area contributed by atoms with Crippen LogP contribution in [0.25, 0.3) is 6.08 Å². The molecular formula is C23H30N2O5S. The highest BCUT2D eigenvalue weighted by Crippen LogP contribution is 2.35. The number of hydrogen-bond donors (Lipinski definition) is 0. The summed E-state index contributed by atoms with van der Waals surface area (Å²) in [5, 5.41) is -0.418. The molecular weight excluding hydrogens is 416 g/mol. The van der Waals surface area contributed by atoms with E-state index >= 15 is 0 Å². The molecule has 31 heavy (non-hydrogen) atoms. The number of ether oxygens (including phenoxy) is 2.